The summed E-state index contributed by atoms with van der Waals surface area (Å²) in [6.45, 7) is 3.48. The summed E-state index contributed by atoms with van der Waals surface area (Å²) in [5.41, 5.74) is 2.62. The molecule has 1 amide bonds. The summed E-state index contributed by atoms with van der Waals surface area (Å²) in [7, 11) is 4.28. The molecule has 1 spiro atoms. The van der Waals surface area contributed by atoms with Crippen LogP contribution in [-0.2, 0) is 33.8 Å². The number of hydrogen-bond acceptors (Lipinski definition) is 17. The molecule has 2 aliphatic carbocycles. The third-order valence-electron chi connectivity index (χ3n) is 19.2. The molecule has 2 saturated carbocycles. The average molecular weight is 1190 g/mol. The average Bonchev–Trinajstić information content (AvgIpc) is 2.53. The third-order valence-corrected chi connectivity index (χ3v) is 22.0. The first kappa shape index (κ1) is 61.7. The summed E-state index contributed by atoms with van der Waals surface area (Å²) in [4.78, 5) is 13.0. The highest BCUT2D eigenvalue weighted by atomic mass is 33.1. The Morgan fingerprint density at radius 3 is 2.57 bits per heavy atom. The second-order valence-electron chi connectivity index (χ2n) is 24.5. The lowest BCUT2D eigenvalue weighted by Crippen LogP contribution is -2.50. The number of aromatic hydroxyl groups is 2. The number of aliphatic hydroxyl groups excluding tert-OH is 6. The highest BCUT2D eigenvalue weighted by Gasteiger charge is 2.52. The number of phenols is 2. The summed E-state index contributed by atoms with van der Waals surface area (Å²) in [6.07, 6.45) is 9.72. The Balaban J connectivity index is 1.02. The van der Waals surface area contributed by atoms with Crippen LogP contribution in [0.2, 0.25) is 0 Å². The van der Waals surface area contributed by atoms with Crippen LogP contribution < -0.4 is 24.8 Å². The molecule has 454 valence electrons. The monoisotopic (exact) mass is 1190 g/mol. The molecule has 0 radical (unpaired) electrons. The quantitative estimate of drug-likeness (QED) is 0.0476. The van der Waals surface area contributed by atoms with Crippen molar-refractivity contribution in [2.45, 2.75) is 171 Å². The highest BCUT2D eigenvalue weighted by molar-refractivity contribution is 8.76. The molecule has 19 heteroatoms. The zero-order chi connectivity index (χ0) is 58.2. The molecule has 3 fully saturated rings. The molecule has 8 bridgehead atoms. The lowest BCUT2D eigenvalue weighted by Gasteiger charge is -2.53. The molecule has 83 heavy (non-hydrogen) atoms. The number of amides is 1. The third kappa shape index (κ3) is 14.5. The number of carbonyl (C=O) groups excluding carboxylic acids is 1. The first-order valence-corrected chi connectivity index (χ1v) is 32.7. The Morgan fingerprint density at radius 2 is 1.73 bits per heavy atom. The van der Waals surface area contributed by atoms with E-state index in [1.54, 1.807) is 18.2 Å². The molecule has 1 saturated heterocycles. The van der Waals surface area contributed by atoms with Gasteiger partial charge in [-0.3, -0.25) is 4.79 Å². The van der Waals surface area contributed by atoms with E-state index in [1.807, 2.05) is 41.2 Å². The number of phenolic OH excluding ortho intramolecular Hbond substituents is 2. The number of nitrogens with one attached hydrogen (secondary N) is 2. The molecule has 6 heterocycles. The normalized spacial score (nSPS) is 33.4. The van der Waals surface area contributed by atoms with Gasteiger partial charge in [-0.2, -0.15) is 0 Å². The first-order chi connectivity index (χ1) is 40.2. The number of methoxy groups -OCH3 is 1. The predicted molar refractivity (Wildman–Crippen MR) is 319 cm³/mol. The van der Waals surface area contributed by atoms with Crippen molar-refractivity contribution in [2.75, 3.05) is 46.1 Å². The molecule has 15 atom stereocenters. The van der Waals surface area contributed by atoms with Crippen molar-refractivity contribution < 1.29 is 69.3 Å². The van der Waals surface area contributed by atoms with E-state index in [0.717, 1.165) is 91.9 Å². The van der Waals surface area contributed by atoms with Crippen molar-refractivity contribution in [1.29, 1.82) is 0 Å². The minimum atomic E-state index is -1.13. The maximum atomic E-state index is 13.0. The fourth-order valence-corrected chi connectivity index (χ4v) is 17.9. The number of benzene rings is 3. The number of ether oxygens (including phenoxy) is 5. The number of hydrogen-bond donors (Lipinski definition) is 10. The molecule has 17 nitrogen and oxygen atoms in total. The van der Waals surface area contributed by atoms with Crippen molar-refractivity contribution in [3.63, 3.8) is 0 Å². The standard InChI is InChI=1S/C64H87N3O14S2/c1-38-10-13-43-14-17-53(70)48-28-62(75)66-52(48)9-6-20-78-35-67-32-42-7-5-8-46(50(42)33-67)55(72)29-61-47-27-56(73)58(81-45-16-12-41-31-65-19-4-3-18-64(43,30-38)51(41)25-45)24-40(47)11-15-44(79-36-68)26-54(71)49(57(74)34-82-83-61)21-39-22-59(77-2)63(76)60(23-39)80-37-69/h5,7-8,22-24,27,32-33,38,41,43-45,48-49,51-55,57,61,65,68-74,76H,4,6,9-17,19-21,25-26,28-31,34-37H2,1-2H3,(H,66,75). The van der Waals surface area contributed by atoms with Gasteiger partial charge < -0.3 is 79.7 Å². The van der Waals surface area contributed by atoms with Crippen LogP contribution in [-0.4, -0.2) is 134 Å². The van der Waals surface area contributed by atoms with Gasteiger partial charge in [-0.1, -0.05) is 59.1 Å². The minimum absolute atomic E-state index is 0.0163. The maximum Gasteiger partial charge on any atom is 0.220 e. The molecule has 5 aliphatic heterocycles. The number of aromatic nitrogens is 1. The van der Waals surface area contributed by atoms with Crippen LogP contribution in [0.25, 0.3) is 10.8 Å². The van der Waals surface area contributed by atoms with Crippen LogP contribution in [0, 0.1) is 52.8 Å². The summed E-state index contributed by atoms with van der Waals surface area (Å²) < 4.78 is 32.1. The Bertz CT molecular complexity index is 2880. The van der Waals surface area contributed by atoms with Gasteiger partial charge in [0.25, 0.3) is 0 Å². The Morgan fingerprint density at radius 1 is 0.892 bits per heavy atom. The van der Waals surface area contributed by atoms with Crippen LogP contribution in [0.5, 0.6) is 28.7 Å². The van der Waals surface area contributed by atoms with Gasteiger partial charge in [0.1, 0.15) is 13.5 Å². The highest BCUT2D eigenvalue weighted by Crippen LogP contribution is 2.57. The van der Waals surface area contributed by atoms with Crippen molar-refractivity contribution in [3.05, 3.63) is 77.1 Å². The van der Waals surface area contributed by atoms with Crippen LogP contribution >= 0.6 is 21.6 Å². The summed E-state index contributed by atoms with van der Waals surface area (Å²) in [5.74, 6) is 8.17. The van der Waals surface area contributed by atoms with E-state index in [4.69, 9.17) is 23.7 Å². The van der Waals surface area contributed by atoms with E-state index in [-0.39, 0.29) is 96.0 Å². The number of carbonyl (C=O) groups is 1. The van der Waals surface area contributed by atoms with Gasteiger partial charge in [0, 0.05) is 78.1 Å². The Labute approximate surface area is 495 Å². The van der Waals surface area contributed by atoms with E-state index in [1.165, 1.54) is 28.7 Å². The molecular weight excluding hydrogens is 1100 g/mol. The maximum absolute atomic E-state index is 13.0. The summed E-state index contributed by atoms with van der Waals surface area (Å²) in [6, 6.07) is 12.6. The molecular formula is C64H87N3O14S2. The lowest BCUT2D eigenvalue weighted by molar-refractivity contribution is -0.119. The molecule has 4 aromatic rings. The van der Waals surface area contributed by atoms with Crippen LogP contribution in [0.1, 0.15) is 137 Å². The van der Waals surface area contributed by atoms with Crippen molar-refractivity contribution in [2.24, 2.45) is 40.9 Å². The topological polar surface area (TPSA) is 254 Å². The van der Waals surface area contributed by atoms with Crippen LogP contribution in [0.15, 0.2) is 54.9 Å². The minimum Gasteiger partial charge on any atom is -0.504 e. The molecule has 7 aliphatic rings. The SMILES string of the molecule is COc1cc(CC2C(O)CSSC3CC(O)c4cccc5cn(cc45)COCCCC4NC(=O)CC4C(O)CCC4CCC(C)CC45C#CCCNCC4CCC(CC45)Oc4cc(c3cc4O)CCC(OCO)CC2O)cc(OCO)c1O. The fourth-order valence-electron chi connectivity index (χ4n) is 15.0. The number of rotatable bonds is 7. The first-order valence-electron chi connectivity index (χ1n) is 30.3. The number of fused-ring (bicyclic) bond motifs is 8. The summed E-state index contributed by atoms with van der Waals surface area (Å²) >= 11 is 0. The molecule has 11 rings (SSSR count). The van der Waals surface area contributed by atoms with Gasteiger partial charge in [-0.15, -0.1) is 5.92 Å². The van der Waals surface area contributed by atoms with Crippen molar-refractivity contribution >= 4 is 38.3 Å². The van der Waals surface area contributed by atoms with Crippen LogP contribution in [0.4, 0.5) is 0 Å². The Hall–Kier alpha value is -4.43. The van der Waals surface area contributed by atoms with Crippen molar-refractivity contribution in [1.82, 2.24) is 15.2 Å². The van der Waals surface area contributed by atoms with Gasteiger partial charge in [-0.05, 0) is 172 Å². The Kier molecular flexibility index (Phi) is 21.1. The molecule has 10 N–H and O–H groups in total. The summed E-state index contributed by atoms with van der Waals surface area (Å²) in [5, 5.41) is 100. The smallest absolute Gasteiger partial charge is 0.220 e. The van der Waals surface area contributed by atoms with E-state index in [2.05, 4.69) is 29.4 Å². The van der Waals surface area contributed by atoms with E-state index in [0.29, 0.717) is 68.3 Å². The zero-order valence-corrected chi connectivity index (χ0v) is 49.7. The van der Waals surface area contributed by atoms with Crippen molar-refractivity contribution in [3.8, 4) is 40.6 Å². The van der Waals surface area contributed by atoms with E-state index < -0.39 is 55.3 Å². The zero-order valence-electron chi connectivity index (χ0n) is 48.0. The van der Waals surface area contributed by atoms with Gasteiger partial charge in [0.05, 0.1) is 43.7 Å². The number of nitrogens with zero attached hydrogens (tertiary/aromatic N) is 1. The number of aryl methyl sites for hydroxylation is 1. The molecule has 3 aromatic carbocycles. The second-order valence-corrected chi connectivity index (χ2v) is 27.2. The second kappa shape index (κ2) is 28.4. The molecule has 15 unspecified atom stereocenters. The van der Waals surface area contributed by atoms with Gasteiger partial charge >= 0.3 is 0 Å². The molecule has 1 aromatic heterocycles. The fraction of sp³-hybridized carbons (Fsp3) is 0.641. The van der Waals surface area contributed by atoms with E-state index >= 15 is 0 Å². The van der Waals surface area contributed by atoms with Crippen LogP contribution in [0.3, 0.4) is 0 Å². The van der Waals surface area contributed by atoms with Gasteiger partial charge in [0.15, 0.2) is 29.8 Å². The largest absolute Gasteiger partial charge is 0.504 e. The lowest BCUT2D eigenvalue weighted by atomic mass is 9.51. The predicted octanol–water partition coefficient (Wildman–Crippen LogP) is 8.18. The van der Waals surface area contributed by atoms with Gasteiger partial charge in [0.2, 0.25) is 11.7 Å². The van der Waals surface area contributed by atoms with E-state index in [9.17, 15) is 45.6 Å². The van der Waals surface area contributed by atoms with Gasteiger partial charge in [-0.25, -0.2) is 0 Å². The number of aliphatic hydroxyl groups is 6.